The van der Waals surface area contributed by atoms with Crippen molar-refractivity contribution in [2.75, 3.05) is 13.1 Å². The van der Waals surface area contributed by atoms with Crippen LogP contribution >= 0.6 is 12.4 Å². The minimum Gasteiger partial charge on any atom is -0.351 e. The Balaban J connectivity index is 0.00000182. The van der Waals surface area contributed by atoms with Crippen molar-refractivity contribution in [3.63, 3.8) is 0 Å². The van der Waals surface area contributed by atoms with Gasteiger partial charge in [0.1, 0.15) is 0 Å². The molecule has 6 nitrogen and oxygen atoms in total. The number of carbonyl (C=O) groups is 1. The molecule has 7 heteroatoms. The average Bonchev–Trinajstić information content (AvgIpc) is 3.29. The third-order valence-corrected chi connectivity index (χ3v) is 5.52. The first kappa shape index (κ1) is 17.9. The molecule has 1 saturated carbocycles. The predicted octanol–water partition coefficient (Wildman–Crippen LogP) is 2.09. The van der Waals surface area contributed by atoms with Crippen molar-refractivity contribution in [2.45, 2.75) is 32.2 Å². The summed E-state index contributed by atoms with van der Waals surface area (Å²) in [7, 11) is 0. The summed E-state index contributed by atoms with van der Waals surface area (Å²) >= 11 is 0. The molecule has 2 aliphatic rings. The molecule has 1 saturated heterocycles. The maximum Gasteiger partial charge on any atom is 0.228 e. The van der Waals surface area contributed by atoms with Crippen molar-refractivity contribution in [3.05, 3.63) is 42.4 Å². The van der Waals surface area contributed by atoms with Crippen LogP contribution in [0.25, 0.3) is 5.82 Å². The molecule has 4 rings (SSSR count). The molecule has 0 radical (unpaired) electrons. The number of nitrogens with zero attached hydrogens (tertiary/aromatic N) is 3. The Labute approximate surface area is 153 Å². The fraction of sp³-hybridized carbons (Fsp3) is 0.500. The van der Waals surface area contributed by atoms with Gasteiger partial charge in [-0.3, -0.25) is 4.79 Å². The van der Waals surface area contributed by atoms with Crippen LogP contribution in [0.3, 0.4) is 0 Å². The summed E-state index contributed by atoms with van der Waals surface area (Å²) in [6.45, 7) is 2.26. The minimum absolute atomic E-state index is 0. The van der Waals surface area contributed by atoms with Crippen molar-refractivity contribution in [1.82, 2.24) is 25.4 Å². The quantitative estimate of drug-likeness (QED) is 0.874. The maximum absolute atomic E-state index is 13.0. The number of hydrogen-bond donors (Lipinski definition) is 2. The average molecular weight is 362 g/mol. The SMILES string of the molecule is Cl.O=C(NCc1cccnc1-n1cccn1)[C@@]12CCCC[C@H]1CNC2. The molecule has 0 unspecified atom stereocenters. The Hall–Kier alpha value is -1.92. The lowest BCUT2D eigenvalue weighted by atomic mass is 9.67. The molecule has 2 atom stereocenters. The van der Waals surface area contributed by atoms with Gasteiger partial charge in [-0.1, -0.05) is 18.9 Å². The topological polar surface area (TPSA) is 71.8 Å². The van der Waals surface area contributed by atoms with E-state index < -0.39 is 0 Å². The molecule has 0 spiro atoms. The predicted molar refractivity (Wildman–Crippen MR) is 97.7 cm³/mol. The molecule has 3 heterocycles. The zero-order valence-electron chi connectivity index (χ0n) is 14.1. The van der Waals surface area contributed by atoms with Gasteiger partial charge in [0.25, 0.3) is 0 Å². The highest BCUT2D eigenvalue weighted by Gasteiger charge is 2.49. The summed E-state index contributed by atoms with van der Waals surface area (Å²) in [5.74, 6) is 1.43. The number of amides is 1. The van der Waals surface area contributed by atoms with Crippen LogP contribution in [0.4, 0.5) is 0 Å². The first-order valence-electron chi connectivity index (χ1n) is 8.72. The van der Waals surface area contributed by atoms with Gasteiger partial charge in [-0.15, -0.1) is 12.4 Å². The van der Waals surface area contributed by atoms with Gasteiger partial charge < -0.3 is 10.6 Å². The molecule has 2 aromatic rings. The molecule has 0 aromatic carbocycles. The zero-order chi connectivity index (χ0) is 16.4. The third kappa shape index (κ3) is 3.28. The first-order chi connectivity index (χ1) is 11.8. The molecular weight excluding hydrogens is 338 g/mol. The second-order valence-corrected chi connectivity index (χ2v) is 6.85. The molecule has 0 bridgehead atoms. The van der Waals surface area contributed by atoms with Crippen LogP contribution in [-0.4, -0.2) is 33.8 Å². The van der Waals surface area contributed by atoms with Gasteiger partial charge >= 0.3 is 0 Å². The number of hydrogen-bond acceptors (Lipinski definition) is 4. The van der Waals surface area contributed by atoms with E-state index in [1.165, 1.54) is 6.42 Å². The van der Waals surface area contributed by atoms with Crippen LogP contribution < -0.4 is 10.6 Å². The summed E-state index contributed by atoms with van der Waals surface area (Å²) in [5.41, 5.74) is 0.760. The van der Waals surface area contributed by atoms with Gasteiger partial charge in [-0.05, 0) is 37.4 Å². The highest BCUT2D eigenvalue weighted by atomic mass is 35.5. The normalized spacial score (nSPS) is 25.0. The van der Waals surface area contributed by atoms with Gasteiger partial charge in [0.2, 0.25) is 5.91 Å². The van der Waals surface area contributed by atoms with Crippen molar-refractivity contribution >= 4 is 18.3 Å². The summed E-state index contributed by atoms with van der Waals surface area (Å²) in [6.07, 6.45) is 9.89. The van der Waals surface area contributed by atoms with E-state index in [0.29, 0.717) is 12.5 Å². The summed E-state index contributed by atoms with van der Waals surface area (Å²) < 4.78 is 1.74. The van der Waals surface area contributed by atoms with Gasteiger partial charge in [-0.2, -0.15) is 5.10 Å². The van der Waals surface area contributed by atoms with Crippen molar-refractivity contribution < 1.29 is 4.79 Å². The Morgan fingerprint density at radius 2 is 2.28 bits per heavy atom. The third-order valence-electron chi connectivity index (χ3n) is 5.52. The van der Waals surface area contributed by atoms with Gasteiger partial charge in [-0.25, -0.2) is 9.67 Å². The van der Waals surface area contributed by atoms with E-state index in [-0.39, 0.29) is 23.7 Å². The standard InChI is InChI=1S/C18H23N5O.ClH/c24-17(18-7-2-1-6-15(18)12-19-13-18)21-11-14-5-3-8-20-16(14)23-10-4-9-22-23;/h3-5,8-10,15,19H,1-2,6-7,11-13H2,(H,21,24);1H/t15-,18+;/m0./s1. The monoisotopic (exact) mass is 361 g/mol. The molecule has 25 heavy (non-hydrogen) atoms. The Kier molecular flexibility index (Phi) is 5.39. The lowest BCUT2D eigenvalue weighted by molar-refractivity contribution is -0.134. The summed E-state index contributed by atoms with van der Waals surface area (Å²) in [6, 6.07) is 5.76. The Morgan fingerprint density at radius 1 is 1.36 bits per heavy atom. The fourth-order valence-electron chi connectivity index (χ4n) is 4.21. The first-order valence-corrected chi connectivity index (χ1v) is 8.72. The number of aromatic nitrogens is 3. The highest BCUT2D eigenvalue weighted by Crippen LogP contribution is 2.43. The molecule has 1 aliphatic carbocycles. The van der Waals surface area contributed by atoms with E-state index in [0.717, 1.165) is 43.7 Å². The number of carbonyl (C=O) groups excluding carboxylic acids is 1. The highest BCUT2D eigenvalue weighted by molar-refractivity contribution is 5.85. The van der Waals surface area contributed by atoms with Crippen LogP contribution in [0.5, 0.6) is 0 Å². The van der Waals surface area contributed by atoms with Gasteiger partial charge in [0, 0.05) is 37.2 Å². The van der Waals surface area contributed by atoms with Crippen molar-refractivity contribution in [2.24, 2.45) is 11.3 Å². The minimum atomic E-state index is -0.216. The lowest BCUT2D eigenvalue weighted by Crippen LogP contribution is -2.47. The van der Waals surface area contributed by atoms with Gasteiger partial charge in [0.05, 0.1) is 5.41 Å². The van der Waals surface area contributed by atoms with Crippen LogP contribution in [-0.2, 0) is 11.3 Å². The number of rotatable bonds is 4. The number of halogens is 1. The van der Waals surface area contributed by atoms with Gasteiger partial charge in [0.15, 0.2) is 5.82 Å². The van der Waals surface area contributed by atoms with E-state index in [4.69, 9.17) is 0 Å². The second kappa shape index (κ2) is 7.54. The second-order valence-electron chi connectivity index (χ2n) is 6.85. The van der Waals surface area contributed by atoms with E-state index in [1.807, 2.05) is 24.4 Å². The smallest absolute Gasteiger partial charge is 0.228 e. The zero-order valence-corrected chi connectivity index (χ0v) is 15.0. The Morgan fingerprint density at radius 3 is 3.12 bits per heavy atom. The molecule has 2 fully saturated rings. The van der Waals surface area contributed by atoms with Crippen molar-refractivity contribution in [3.8, 4) is 5.82 Å². The van der Waals surface area contributed by atoms with Crippen LogP contribution in [0.1, 0.15) is 31.2 Å². The van der Waals surface area contributed by atoms with Crippen molar-refractivity contribution in [1.29, 1.82) is 0 Å². The molecular formula is C18H24ClN5O. The van der Waals surface area contributed by atoms with Crippen LogP contribution in [0.15, 0.2) is 36.8 Å². The molecule has 134 valence electrons. The molecule has 2 N–H and O–H groups in total. The Bertz CT molecular complexity index is 720. The lowest BCUT2D eigenvalue weighted by Gasteiger charge is -2.37. The van der Waals surface area contributed by atoms with E-state index in [9.17, 15) is 4.79 Å². The molecule has 1 aliphatic heterocycles. The van der Waals surface area contributed by atoms with E-state index in [1.54, 1.807) is 17.1 Å². The number of fused-ring (bicyclic) bond motifs is 1. The largest absolute Gasteiger partial charge is 0.351 e. The maximum atomic E-state index is 13.0. The van der Waals surface area contributed by atoms with E-state index >= 15 is 0 Å². The van der Waals surface area contributed by atoms with E-state index in [2.05, 4.69) is 20.7 Å². The fourth-order valence-corrected chi connectivity index (χ4v) is 4.21. The number of nitrogens with one attached hydrogen (secondary N) is 2. The summed E-state index contributed by atoms with van der Waals surface area (Å²) in [5, 5.41) is 10.9. The van der Waals surface area contributed by atoms with Crippen LogP contribution in [0, 0.1) is 11.3 Å². The molecule has 2 aromatic heterocycles. The van der Waals surface area contributed by atoms with Crippen LogP contribution in [0.2, 0.25) is 0 Å². The molecule has 1 amide bonds. The summed E-state index contributed by atoms with van der Waals surface area (Å²) in [4.78, 5) is 17.4. The number of pyridine rings is 1.